The molecule has 4 rings (SSSR count). The molecular formula is C25H36N4O3S. The molecule has 3 aliphatic rings. The van der Waals surface area contributed by atoms with Gasteiger partial charge in [0.15, 0.2) is 0 Å². The Morgan fingerprint density at radius 3 is 2.21 bits per heavy atom. The Hall–Kier alpha value is -2.19. The van der Waals surface area contributed by atoms with Crippen LogP contribution in [0.5, 0.6) is 0 Å². The van der Waals surface area contributed by atoms with E-state index in [0.717, 1.165) is 63.1 Å². The van der Waals surface area contributed by atoms with Crippen LogP contribution >= 0.6 is 0 Å². The van der Waals surface area contributed by atoms with Crippen LogP contribution in [0.25, 0.3) is 4.91 Å². The molecule has 2 fully saturated rings. The van der Waals surface area contributed by atoms with Crippen molar-refractivity contribution in [1.29, 1.82) is 0 Å². The highest BCUT2D eigenvalue weighted by molar-refractivity contribution is 8.00. The number of piperidine rings is 1. The van der Waals surface area contributed by atoms with Gasteiger partial charge in [-0.1, -0.05) is 43.7 Å². The van der Waals surface area contributed by atoms with E-state index in [9.17, 15) is 13.2 Å². The number of aryl methyl sites for hydroxylation is 1. The smallest absolute Gasteiger partial charge is 0.285 e. The van der Waals surface area contributed by atoms with Crippen LogP contribution in [0, 0.1) is 12.8 Å². The van der Waals surface area contributed by atoms with Crippen molar-refractivity contribution in [2.75, 3.05) is 45.8 Å². The first-order valence-corrected chi connectivity index (χ1v) is 13.7. The molecule has 0 radical (unpaired) electrons. The molecule has 0 bridgehead atoms. The van der Waals surface area contributed by atoms with Crippen molar-refractivity contribution in [3.63, 3.8) is 0 Å². The first-order valence-electron chi connectivity index (χ1n) is 12.3. The Morgan fingerprint density at radius 2 is 1.64 bits per heavy atom. The highest BCUT2D eigenvalue weighted by atomic mass is 32.2. The summed E-state index contributed by atoms with van der Waals surface area (Å²) in [5.41, 5.74) is 2.58. The van der Waals surface area contributed by atoms with Crippen LogP contribution < -0.4 is 0 Å². The number of carbonyl (C=O) groups excluding carboxylic acids is 1. The standard InChI is InChI=1S/C25H36N4O3S/c1-4-12-27-15-17-29(18-16-27)25(30)21-10-13-28(14-11-21)24-22(5-2)23(33(31,32)26-24)20-8-6-19(3)7-9-20/h6-9,21H,4-5,10-18H2,1-3H3. The van der Waals surface area contributed by atoms with Crippen molar-refractivity contribution < 1.29 is 13.2 Å². The Morgan fingerprint density at radius 1 is 1.00 bits per heavy atom. The van der Waals surface area contributed by atoms with Gasteiger partial charge in [-0.15, -0.1) is 4.40 Å². The van der Waals surface area contributed by atoms with E-state index in [2.05, 4.69) is 21.1 Å². The van der Waals surface area contributed by atoms with Crippen LogP contribution in [0.3, 0.4) is 0 Å². The third-order valence-corrected chi connectivity index (χ3v) is 8.45. The molecule has 0 unspecified atom stereocenters. The molecule has 0 spiro atoms. The van der Waals surface area contributed by atoms with Crippen LogP contribution in [-0.4, -0.2) is 80.7 Å². The van der Waals surface area contributed by atoms with Gasteiger partial charge in [0.1, 0.15) is 10.7 Å². The maximum absolute atomic E-state index is 13.1. The van der Waals surface area contributed by atoms with Crippen molar-refractivity contribution in [2.24, 2.45) is 10.3 Å². The van der Waals surface area contributed by atoms with Gasteiger partial charge in [-0.3, -0.25) is 9.69 Å². The average Bonchev–Trinajstić information content (AvgIpc) is 3.10. The second-order valence-electron chi connectivity index (χ2n) is 9.35. The summed E-state index contributed by atoms with van der Waals surface area (Å²) in [6.45, 7) is 12.1. The molecule has 0 aromatic heterocycles. The van der Waals surface area contributed by atoms with Gasteiger partial charge in [0.05, 0.1) is 0 Å². The second-order valence-corrected chi connectivity index (χ2v) is 10.9. The molecule has 3 aliphatic heterocycles. The molecule has 1 aromatic carbocycles. The molecule has 2 saturated heterocycles. The number of amidine groups is 1. The molecule has 7 nitrogen and oxygen atoms in total. The molecule has 1 amide bonds. The molecule has 180 valence electrons. The van der Waals surface area contributed by atoms with Crippen LogP contribution in [0.2, 0.25) is 0 Å². The largest absolute Gasteiger partial charge is 0.356 e. The van der Waals surface area contributed by atoms with E-state index >= 15 is 0 Å². The molecule has 0 atom stereocenters. The van der Waals surface area contributed by atoms with Gasteiger partial charge in [0.25, 0.3) is 10.0 Å². The van der Waals surface area contributed by atoms with E-state index in [1.807, 2.05) is 43.0 Å². The van der Waals surface area contributed by atoms with Gasteiger partial charge in [0.2, 0.25) is 5.91 Å². The van der Waals surface area contributed by atoms with Crippen molar-refractivity contribution in [2.45, 2.75) is 46.5 Å². The van der Waals surface area contributed by atoms with Crippen molar-refractivity contribution in [1.82, 2.24) is 14.7 Å². The minimum absolute atomic E-state index is 0.0169. The van der Waals surface area contributed by atoms with Crippen molar-refractivity contribution in [3.05, 3.63) is 41.0 Å². The maximum atomic E-state index is 13.1. The summed E-state index contributed by atoms with van der Waals surface area (Å²) < 4.78 is 30.2. The number of amides is 1. The van der Waals surface area contributed by atoms with Gasteiger partial charge in [0, 0.05) is 50.8 Å². The first kappa shape index (κ1) is 24.0. The lowest BCUT2D eigenvalue weighted by Gasteiger charge is -2.39. The number of hydrogen-bond acceptors (Lipinski definition) is 5. The Bertz CT molecular complexity index is 1030. The van der Waals surface area contributed by atoms with E-state index in [4.69, 9.17) is 0 Å². The number of carbonyl (C=O) groups is 1. The molecule has 1 aromatic rings. The Kier molecular flexibility index (Phi) is 7.24. The first-order chi connectivity index (χ1) is 15.8. The fourth-order valence-corrected chi connectivity index (χ4v) is 6.70. The number of rotatable bonds is 5. The maximum Gasteiger partial charge on any atom is 0.285 e. The molecule has 3 heterocycles. The number of likely N-dealkylation sites (tertiary alicyclic amines) is 1. The zero-order chi connectivity index (χ0) is 23.6. The normalized spacial score (nSPS) is 22.1. The van der Waals surface area contributed by atoms with E-state index in [-0.39, 0.29) is 11.8 Å². The fourth-order valence-electron chi connectivity index (χ4n) is 5.17. The van der Waals surface area contributed by atoms with E-state index in [1.54, 1.807) is 0 Å². The summed E-state index contributed by atoms with van der Waals surface area (Å²) in [5, 5.41) is 0. The lowest BCUT2D eigenvalue weighted by molar-refractivity contribution is -0.138. The van der Waals surface area contributed by atoms with E-state index in [0.29, 0.717) is 35.8 Å². The molecule has 0 aliphatic carbocycles. The van der Waals surface area contributed by atoms with Crippen LogP contribution in [-0.2, 0) is 14.8 Å². The molecule has 0 N–H and O–H groups in total. The van der Waals surface area contributed by atoms with Gasteiger partial charge in [-0.25, -0.2) is 0 Å². The minimum atomic E-state index is -3.72. The van der Waals surface area contributed by atoms with Crippen molar-refractivity contribution in [3.8, 4) is 0 Å². The van der Waals surface area contributed by atoms with Gasteiger partial charge in [-0.2, -0.15) is 8.42 Å². The number of hydrogen-bond donors (Lipinski definition) is 0. The fraction of sp³-hybridized carbons (Fsp3) is 0.600. The molecule has 8 heteroatoms. The zero-order valence-electron chi connectivity index (χ0n) is 20.1. The zero-order valence-corrected chi connectivity index (χ0v) is 20.9. The summed E-state index contributed by atoms with van der Waals surface area (Å²) in [7, 11) is -3.72. The highest BCUT2D eigenvalue weighted by Gasteiger charge is 2.37. The minimum Gasteiger partial charge on any atom is -0.356 e. The van der Waals surface area contributed by atoms with Crippen LogP contribution in [0.1, 0.15) is 50.7 Å². The van der Waals surface area contributed by atoms with Crippen molar-refractivity contribution >= 4 is 26.7 Å². The number of piperazine rings is 1. The summed E-state index contributed by atoms with van der Waals surface area (Å²) in [5.74, 6) is 0.855. The second kappa shape index (κ2) is 9.97. The number of sulfonamides is 1. The van der Waals surface area contributed by atoms with E-state index < -0.39 is 10.0 Å². The quantitative estimate of drug-likeness (QED) is 0.658. The summed E-state index contributed by atoms with van der Waals surface area (Å²) in [6, 6.07) is 7.59. The lowest BCUT2D eigenvalue weighted by Crippen LogP contribution is -2.52. The predicted octanol–water partition coefficient (Wildman–Crippen LogP) is 3.12. The summed E-state index contributed by atoms with van der Waals surface area (Å²) >= 11 is 0. The molecular weight excluding hydrogens is 436 g/mol. The average molecular weight is 473 g/mol. The Labute approximate surface area is 198 Å². The van der Waals surface area contributed by atoms with Gasteiger partial charge >= 0.3 is 0 Å². The highest BCUT2D eigenvalue weighted by Crippen LogP contribution is 2.36. The van der Waals surface area contributed by atoms with Crippen LogP contribution in [0.4, 0.5) is 0 Å². The summed E-state index contributed by atoms with van der Waals surface area (Å²) in [6.07, 6.45) is 3.22. The SMILES string of the molecule is CCCN1CCN(C(=O)C2CCN(C3=NS(=O)(=O)C(c4ccc(C)cc4)=C3CC)CC2)CC1. The van der Waals surface area contributed by atoms with Crippen LogP contribution in [0.15, 0.2) is 34.2 Å². The number of benzene rings is 1. The molecule has 33 heavy (non-hydrogen) atoms. The monoisotopic (exact) mass is 472 g/mol. The third-order valence-electron chi connectivity index (χ3n) is 7.04. The predicted molar refractivity (Wildman–Crippen MR) is 132 cm³/mol. The lowest BCUT2D eigenvalue weighted by atomic mass is 9.94. The van der Waals surface area contributed by atoms with Gasteiger partial charge in [-0.05, 0) is 44.7 Å². The molecule has 0 saturated carbocycles. The summed E-state index contributed by atoms with van der Waals surface area (Å²) in [4.78, 5) is 19.9. The number of nitrogens with zero attached hydrogens (tertiary/aromatic N) is 4. The van der Waals surface area contributed by atoms with Gasteiger partial charge < -0.3 is 9.80 Å². The topological polar surface area (TPSA) is 73.3 Å². The van der Waals surface area contributed by atoms with E-state index in [1.165, 1.54) is 0 Å². The third kappa shape index (κ3) is 5.01. The Balaban J connectivity index is 1.43.